The average molecular weight is 324 g/mol. The first-order chi connectivity index (χ1) is 9.99. The van der Waals surface area contributed by atoms with Crippen molar-refractivity contribution in [3.8, 4) is 0 Å². The predicted molar refractivity (Wildman–Crippen MR) is 78.7 cm³/mol. The molecule has 0 radical (unpaired) electrons. The first-order valence-electron chi connectivity index (χ1n) is 6.35. The summed E-state index contributed by atoms with van der Waals surface area (Å²) >= 11 is 0. The zero-order valence-corrected chi connectivity index (χ0v) is 12.7. The highest BCUT2D eigenvalue weighted by atomic mass is 32.2. The molecular weight excluding hydrogens is 308 g/mol. The molecule has 22 heavy (non-hydrogen) atoms. The number of rotatable bonds is 5. The van der Waals surface area contributed by atoms with Gasteiger partial charge in [0.1, 0.15) is 4.90 Å². The lowest BCUT2D eigenvalue weighted by Crippen LogP contribution is -2.44. The number of Topliss-reactive ketones (excluding diaryl/α,β-unsaturated/α-hetero) is 1. The lowest BCUT2D eigenvalue weighted by molar-refractivity contribution is -0.121. The smallest absolute Gasteiger partial charge is 0.295 e. The van der Waals surface area contributed by atoms with Crippen LogP contribution in [0.5, 0.6) is 0 Å². The zero-order chi connectivity index (χ0) is 16.9. The number of hydrogen-bond donors (Lipinski definition) is 3. The summed E-state index contributed by atoms with van der Waals surface area (Å²) in [6, 6.07) is 3.85. The molecule has 0 unspecified atom stereocenters. The van der Waals surface area contributed by atoms with Gasteiger partial charge in [-0.05, 0) is 25.5 Å². The molecule has 1 fully saturated rings. The van der Waals surface area contributed by atoms with Crippen molar-refractivity contribution in [2.45, 2.75) is 23.8 Å². The highest BCUT2D eigenvalue weighted by Gasteiger charge is 2.72. The highest BCUT2D eigenvalue weighted by Crippen LogP contribution is 2.57. The molecule has 1 aromatic rings. The lowest BCUT2D eigenvalue weighted by atomic mass is 9.92. The fourth-order valence-electron chi connectivity index (χ4n) is 2.63. The normalized spacial score (nSPS) is 27.2. The number of benzene rings is 1. The molecule has 1 aliphatic carbocycles. The van der Waals surface area contributed by atoms with Crippen LogP contribution in [-0.2, 0) is 14.9 Å². The van der Waals surface area contributed by atoms with Crippen molar-refractivity contribution in [2.24, 2.45) is 16.9 Å². The van der Waals surface area contributed by atoms with Gasteiger partial charge in [-0.15, -0.1) is 6.58 Å². The van der Waals surface area contributed by atoms with Crippen LogP contribution in [0.25, 0.3) is 0 Å². The lowest BCUT2D eigenvalue weighted by Gasteiger charge is -2.17. The fourth-order valence-corrected chi connectivity index (χ4v) is 3.30. The summed E-state index contributed by atoms with van der Waals surface area (Å²) in [4.78, 5) is 23.7. The SMILES string of the molecule is C=C[C@@]1(C(N)=O)C[C@]1(N)C(=O)c1cc(C)ccc1S(=O)(=O)O. The van der Waals surface area contributed by atoms with E-state index in [4.69, 9.17) is 11.5 Å². The van der Waals surface area contributed by atoms with Gasteiger partial charge >= 0.3 is 0 Å². The average Bonchev–Trinajstić information content (AvgIpc) is 3.05. The second-order valence-corrected chi connectivity index (χ2v) is 6.88. The third kappa shape index (κ3) is 2.16. The molecule has 1 aromatic carbocycles. The van der Waals surface area contributed by atoms with Gasteiger partial charge in [0.2, 0.25) is 5.91 Å². The molecule has 0 heterocycles. The molecule has 0 aromatic heterocycles. The second kappa shape index (κ2) is 4.73. The van der Waals surface area contributed by atoms with E-state index in [0.29, 0.717) is 5.56 Å². The Morgan fingerprint density at radius 3 is 2.41 bits per heavy atom. The zero-order valence-electron chi connectivity index (χ0n) is 11.9. The van der Waals surface area contributed by atoms with E-state index in [-0.39, 0.29) is 12.0 Å². The van der Waals surface area contributed by atoms with Crippen molar-refractivity contribution in [1.82, 2.24) is 0 Å². The topological polar surface area (TPSA) is 141 Å². The van der Waals surface area contributed by atoms with Crippen LogP contribution in [0.1, 0.15) is 22.3 Å². The molecule has 0 aliphatic heterocycles. The van der Waals surface area contributed by atoms with Crippen LogP contribution in [0.15, 0.2) is 35.7 Å². The van der Waals surface area contributed by atoms with Crippen LogP contribution in [0.2, 0.25) is 0 Å². The molecule has 2 rings (SSSR count). The monoisotopic (exact) mass is 324 g/mol. The molecule has 5 N–H and O–H groups in total. The molecule has 7 nitrogen and oxygen atoms in total. The van der Waals surface area contributed by atoms with Gasteiger partial charge < -0.3 is 11.5 Å². The summed E-state index contributed by atoms with van der Waals surface area (Å²) in [6.45, 7) is 5.12. The Balaban J connectivity index is 2.60. The van der Waals surface area contributed by atoms with E-state index in [1.54, 1.807) is 6.92 Å². The van der Waals surface area contributed by atoms with Gasteiger partial charge in [0.05, 0.1) is 11.0 Å². The van der Waals surface area contributed by atoms with Crippen LogP contribution in [0.3, 0.4) is 0 Å². The van der Waals surface area contributed by atoms with E-state index in [1.165, 1.54) is 18.2 Å². The Morgan fingerprint density at radius 1 is 1.41 bits per heavy atom. The van der Waals surface area contributed by atoms with Gasteiger partial charge in [-0.3, -0.25) is 14.1 Å². The summed E-state index contributed by atoms with van der Waals surface area (Å²) in [5.41, 5.74) is 8.52. The van der Waals surface area contributed by atoms with Gasteiger partial charge in [-0.2, -0.15) is 8.42 Å². The van der Waals surface area contributed by atoms with Crippen molar-refractivity contribution in [3.05, 3.63) is 42.0 Å². The number of carbonyl (C=O) groups is 2. The molecule has 1 aliphatic rings. The summed E-state index contributed by atoms with van der Waals surface area (Å²) in [6.07, 6.45) is 1.15. The molecule has 0 spiro atoms. The maximum atomic E-state index is 12.7. The maximum absolute atomic E-state index is 12.7. The van der Waals surface area contributed by atoms with Crippen LogP contribution < -0.4 is 11.5 Å². The van der Waals surface area contributed by atoms with E-state index < -0.39 is 37.7 Å². The number of nitrogens with two attached hydrogens (primary N) is 2. The van der Waals surface area contributed by atoms with Crippen LogP contribution >= 0.6 is 0 Å². The quantitative estimate of drug-likeness (QED) is 0.401. The number of hydrogen-bond acceptors (Lipinski definition) is 5. The highest BCUT2D eigenvalue weighted by molar-refractivity contribution is 7.86. The van der Waals surface area contributed by atoms with Gasteiger partial charge in [0.25, 0.3) is 10.1 Å². The fraction of sp³-hybridized carbons (Fsp3) is 0.286. The summed E-state index contributed by atoms with van der Waals surface area (Å²) < 4.78 is 32.1. The summed E-state index contributed by atoms with van der Waals surface area (Å²) in [5, 5.41) is 0. The van der Waals surface area contributed by atoms with Crippen molar-refractivity contribution in [2.75, 3.05) is 0 Å². The third-order valence-corrected chi connectivity index (χ3v) is 4.99. The number of amides is 1. The van der Waals surface area contributed by atoms with Gasteiger partial charge in [0.15, 0.2) is 5.78 Å². The van der Waals surface area contributed by atoms with Crippen LogP contribution in [-0.4, -0.2) is 30.2 Å². The Labute approximate surface area is 127 Å². The number of ketones is 1. The van der Waals surface area contributed by atoms with Crippen LogP contribution in [0, 0.1) is 12.3 Å². The minimum Gasteiger partial charge on any atom is -0.369 e. The van der Waals surface area contributed by atoms with E-state index >= 15 is 0 Å². The minimum absolute atomic E-state index is 0.0590. The van der Waals surface area contributed by atoms with Gasteiger partial charge in [0, 0.05) is 5.56 Å². The first kappa shape index (κ1) is 16.3. The van der Waals surface area contributed by atoms with Crippen LogP contribution in [0.4, 0.5) is 0 Å². The van der Waals surface area contributed by atoms with E-state index in [9.17, 15) is 22.6 Å². The van der Waals surface area contributed by atoms with Crippen molar-refractivity contribution < 1.29 is 22.6 Å². The molecule has 8 heteroatoms. The van der Waals surface area contributed by atoms with Crippen molar-refractivity contribution in [3.63, 3.8) is 0 Å². The standard InChI is InChI=1S/C14H16N2O5S/c1-3-13(12(15)18)7-14(13,16)11(17)9-6-8(2)4-5-10(9)22(19,20)21/h3-6H,1,7,16H2,2H3,(H2,15,18)(H,19,20,21)/t13-,14-/m0/s1. The molecule has 118 valence electrons. The molecule has 2 atom stereocenters. The Kier molecular flexibility index (Phi) is 3.52. The number of aryl methyl sites for hydroxylation is 1. The van der Waals surface area contributed by atoms with Gasteiger partial charge in [-0.1, -0.05) is 17.7 Å². The summed E-state index contributed by atoms with van der Waals surface area (Å²) in [7, 11) is -4.61. The van der Waals surface area contributed by atoms with Crippen molar-refractivity contribution >= 4 is 21.8 Å². The Hall–Kier alpha value is -2.03. The molecular formula is C14H16N2O5S. The first-order valence-corrected chi connectivity index (χ1v) is 7.79. The van der Waals surface area contributed by atoms with E-state index in [0.717, 1.165) is 6.07 Å². The maximum Gasteiger partial charge on any atom is 0.295 e. The number of carbonyl (C=O) groups excluding carboxylic acids is 2. The Bertz CT molecular complexity index is 801. The summed E-state index contributed by atoms with van der Waals surface area (Å²) in [5.74, 6) is -1.58. The van der Waals surface area contributed by atoms with E-state index in [2.05, 4.69) is 6.58 Å². The van der Waals surface area contributed by atoms with E-state index in [1.807, 2.05) is 0 Å². The molecule has 0 saturated heterocycles. The Morgan fingerprint density at radius 2 is 2.00 bits per heavy atom. The third-order valence-electron chi connectivity index (χ3n) is 4.08. The van der Waals surface area contributed by atoms with Gasteiger partial charge in [-0.25, -0.2) is 0 Å². The molecule has 1 saturated carbocycles. The largest absolute Gasteiger partial charge is 0.369 e. The number of primary amides is 1. The van der Waals surface area contributed by atoms with Crippen molar-refractivity contribution in [1.29, 1.82) is 0 Å². The predicted octanol–water partition coefficient (Wildman–Crippen LogP) is 0.183. The molecule has 0 bridgehead atoms. The second-order valence-electron chi connectivity index (χ2n) is 5.49. The molecule has 1 amide bonds. The minimum atomic E-state index is -4.61.